The SMILES string of the molecule is CCOc1ccc(CNC(=O)c2ccc3c(c2)Cc2cccc(c2)CNCCOCCO3)cc1. The van der Waals surface area contributed by atoms with Gasteiger partial charge < -0.3 is 24.8 Å². The normalized spacial score (nSPS) is 14.3. The first-order chi connectivity index (χ1) is 16.7. The lowest BCUT2D eigenvalue weighted by Crippen LogP contribution is -2.23. The van der Waals surface area contributed by atoms with Crippen LogP contribution in [0.1, 0.15) is 39.5 Å². The molecule has 34 heavy (non-hydrogen) atoms. The smallest absolute Gasteiger partial charge is 0.251 e. The van der Waals surface area contributed by atoms with Gasteiger partial charge in [0.05, 0.1) is 19.8 Å². The molecular formula is C28H32N2O4. The lowest BCUT2D eigenvalue weighted by atomic mass is 9.99. The molecule has 0 aromatic heterocycles. The molecule has 0 saturated carbocycles. The van der Waals surface area contributed by atoms with Crippen LogP contribution >= 0.6 is 0 Å². The van der Waals surface area contributed by atoms with Gasteiger partial charge in [0.1, 0.15) is 18.1 Å². The molecule has 3 aromatic carbocycles. The van der Waals surface area contributed by atoms with Crippen molar-refractivity contribution in [3.05, 3.63) is 94.5 Å². The van der Waals surface area contributed by atoms with Crippen molar-refractivity contribution in [3.8, 4) is 11.5 Å². The summed E-state index contributed by atoms with van der Waals surface area (Å²) < 4.78 is 17.1. The molecule has 3 aromatic rings. The summed E-state index contributed by atoms with van der Waals surface area (Å²) in [7, 11) is 0. The van der Waals surface area contributed by atoms with Crippen LogP contribution in [-0.2, 0) is 24.2 Å². The van der Waals surface area contributed by atoms with Gasteiger partial charge in [-0.25, -0.2) is 0 Å². The van der Waals surface area contributed by atoms with Crippen molar-refractivity contribution in [2.24, 2.45) is 0 Å². The summed E-state index contributed by atoms with van der Waals surface area (Å²) in [5.74, 6) is 1.50. The highest BCUT2D eigenvalue weighted by atomic mass is 16.5. The molecular weight excluding hydrogens is 428 g/mol. The van der Waals surface area contributed by atoms with Crippen LogP contribution in [0.4, 0.5) is 0 Å². The van der Waals surface area contributed by atoms with E-state index in [1.165, 1.54) is 11.1 Å². The zero-order chi connectivity index (χ0) is 23.6. The van der Waals surface area contributed by atoms with E-state index < -0.39 is 0 Å². The summed E-state index contributed by atoms with van der Waals surface area (Å²) in [6, 6.07) is 21.9. The highest BCUT2D eigenvalue weighted by Gasteiger charge is 2.12. The molecule has 0 saturated heterocycles. The van der Waals surface area contributed by atoms with E-state index >= 15 is 0 Å². The molecule has 1 amide bonds. The number of fused-ring (bicyclic) bond motifs is 3. The van der Waals surface area contributed by atoms with Crippen molar-refractivity contribution in [1.82, 2.24) is 10.6 Å². The van der Waals surface area contributed by atoms with Crippen LogP contribution in [0.5, 0.6) is 11.5 Å². The van der Waals surface area contributed by atoms with Crippen molar-refractivity contribution in [2.45, 2.75) is 26.4 Å². The maximum Gasteiger partial charge on any atom is 0.251 e. The van der Waals surface area contributed by atoms with Crippen molar-refractivity contribution in [1.29, 1.82) is 0 Å². The van der Waals surface area contributed by atoms with Crippen LogP contribution in [0.25, 0.3) is 0 Å². The Bertz CT molecular complexity index is 1080. The summed E-state index contributed by atoms with van der Waals surface area (Å²) >= 11 is 0. The Labute approximate surface area is 201 Å². The monoisotopic (exact) mass is 460 g/mol. The summed E-state index contributed by atoms with van der Waals surface area (Å²) in [6.45, 7) is 6.27. The van der Waals surface area contributed by atoms with Gasteiger partial charge in [-0.3, -0.25) is 4.79 Å². The molecule has 2 bridgehead atoms. The van der Waals surface area contributed by atoms with Gasteiger partial charge in [-0.1, -0.05) is 36.4 Å². The Kier molecular flexibility index (Phi) is 8.54. The molecule has 0 atom stereocenters. The van der Waals surface area contributed by atoms with Gasteiger partial charge >= 0.3 is 0 Å². The second-order valence-electron chi connectivity index (χ2n) is 8.22. The first-order valence-corrected chi connectivity index (χ1v) is 11.8. The molecule has 0 unspecified atom stereocenters. The van der Waals surface area contributed by atoms with Gasteiger partial charge in [-0.05, 0) is 59.5 Å². The van der Waals surface area contributed by atoms with E-state index in [2.05, 4.69) is 34.9 Å². The molecule has 1 aliphatic heterocycles. The fourth-order valence-corrected chi connectivity index (χ4v) is 3.91. The zero-order valence-electron chi connectivity index (χ0n) is 19.6. The minimum absolute atomic E-state index is 0.114. The Morgan fingerprint density at radius 3 is 2.71 bits per heavy atom. The van der Waals surface area contributed by atoms with Crippen molar-refractivity contribution in [3.63, 3.8) is 0 Å². The molecule has 1 heterocycles. The van der Waals surface area contributed by atoms with Gasteiger partial charge in [0.25, 0.3) is 5.91 Å². The molecule has 1 aliphatic rings. The Balaban J connectivity index is 1.49. The third kappa shape index (κ3) is 6.83. The summed E-state index contributed by atoms with van der Waals surface area (Å²) in [5.41, 5.74) is 5.02. The van der Waals surface area contributed by atoms with E-state index in [-0.39, 0.29) is 5.91 Å². The van der Waals surface area contributed by atoms with Crippen molar-refractivity contribution < 1.29 is 19.0 Å². The van der Waals surface area contributed by atoms with E-state index in [1.807, 2.05) is 49.4 Å². The molecule has 178 valence electrons. The molecule has 6 heteroatoms. The lowest BCUT2D eigenvalue weighted by Gasteiger charge is -2.15. The number of hydrogen-bond acceptors (Lipinski definition) is 5. The number of nitrogens with one attached hydrogen (secondary N) is 2. The number of benzene rings is 3. The quantitative estimate of drug-likeness (QED) is 0.600. The largest absolute Gasteiger partial charge is 0.494 e. The fourth-order valence-electron chi connectivity index (χ4n) is 3.91. The van der Waals surface area contributed by atoms with E-state index in [9.17, 15) is 4.79 Å². The molecule has 0 radical (unpaired) electrons. The Morgan fingerprint density at radius 2 is 1.85 bits per heavy atom. The maximum atomic E-state index is 12.9. The number of carbonyl (C=O) groups excluding carboxylic acids is 1. The topological polar surface area (TPSA) is 68.8 Å². The second-order valence-corrected chi connectivity index (χ2v) is 8.22. The number of hydrogen-bond donors (Lipinski definition) is 2. The van der Waals surface area contributed by atoms with Crippen molar-refractivity contribution in [2.75, 3.05) is 33.0 Å². The predicted molar refractivity (Wildman–Crippen MR) is 132 cm³/mol. The average Bonchev–Trinajstić information content (AvgIpc) is 2.86. The number of amides is 1. The molecule has 4 rings (SSSR count). The van der Waals surface area contributed by atoms with E-state index in [0.29, 0.717) is 45.0 Å². The minimum Gasteiger partial charge on any atom is -0.494 e. The molecule has 0 fully saturated rings. The van der Waals surface area contributed by atoms with E-state index in [4.69, 9.17) is 14.2 Å². The Hall–Kier alpha value is -3.35. The average molecular weight is 461 g/mol. The maximum absolute atomic E-state index is 12.9. The van der Waals surface area contributed by atoms with Crippen LogP contribution < -0.4 is 20.1 Å². The van der Waals surface area contributed by atoms with E-state index in [0.717, 1.165) is 35.7 Å². The van der Waals surface area contributed by atoms with Crippen LogP contribution in [0.3, 0.4) is 0 Å². The fraction of sp³-hybridized carbons (Fsp3) is 0.321. The van der Waals surface area contributed by atoms with Gasteiger partial charge in [-0.2, -0.15) is 0 Å². The van der Waals surface area contributed by atoms with Crippen LogP contribution in [0, 0.1) is 0 Å². The van der Waals surface area contributed by atoms with Crippen LogP contribution in [0.2, 0.25) is 0 Å². The number of ether oxygens (including phenoxy) is 3. The molecule has 6 nitrogen and oxygen atoms in total. The summed E-state index contributed by atoms with van der Waals surface area (Å²) in [6.07, 6.45) is 0.685. The molecule has 0 aliphatic carbocycles. The van der Waals surface area contributed by atoms with Gasteiger partial charge in [-0.15, -0.1) is 0 Å². The summed E-state index contributed by atoms with van der Waals surface area (Å²) in [4.78, 5) is 12.9. The lowest BCUT2D eigenvalue weighted by molar-refractivity contribution is 0.0949. The number of carbonyl (C=O) groups is 1. The summed E-state index contributed by atoms with van der Waals surface area (Å²) in [5, 5.41) is 6.42. The molecule has 0 spiro atoms. The van der Waals surface area contributed by atoms with Crippen molar-refractivity contribution >= 4 is 5.91 Å². The minimum atomic E-state index is -0.114. The van der Waals surface area contributed by atoms with E-state index in [1.54, 1.807) is 0 Å². The highest BCUT2D eigenvalue weighted by molar-refractivity contribution is 5.94. The van der Waals surface area contributed by atoms with Gasteiger partial charge in [0.15, 0.2) is 0 Å². The third-order valence-electron chi connectivity index (χ3n) is 5.63. The highest BCUT2D eigenvalue weighted by Crippen LogP contribution is 2.24. The second kappa shape index (κ2) is 12.2. The Morgan fingerprint density at radius 1 is 1.00 bits per heavy atom. The first kappa shape index (κ1) is 23.8. The van der Waals surface area contributed by atoms with Gasteiger partial charge in [0, 0.05) is 31.6 Å². The zero-order valence-corrected chi connectivity index (χ0v) is 19.6. The van der Waals surface area contributed by atoms with Crippen LogP contribution in [0.15, 0.2) is 66.7 Å². The first-order valence-electron chi connectivity index (χ1n) is 11.8. The predicted octanol–water partition coefficient (Wildman–Crippen LogP) is 4.10. The standard InChI is InChI=1S/C28H32N2O4/c1-2-33-26-9-6-21(7-10-26)20-30-28(31)24-8-11-27-25(18-24)17-22-4-3-5-23(16-22)19-29-12-13-32-14-15-34-27/h3-11,16,18,29H,2,12-15,17,19-20H2,1H3,(H,30,31). The number of rotatable bonds is 5. The van der Waals surface area contributed by atoms with Gasteiger partial charge in [0.2, 0.25) is 0 Å². The third-order valence-corrected chi connectivity index (χ3v) is 5.63. The van der Waals surface area contributed by atoms with Crippen LogP contribution in [-0.4, -0.2) is 38.9 Å². The molecule has 2 N–H and O–H groups in total.